The van der Waals surface area contributed by atoms with E-state index in [0.29, 0.717) is 54.9 Å². The number of allylic oxidation sites excluding steroid dienone is 2. The average Bonchev–Trinajstić information content (AvgIpc) is 3.53. The molecule has 59 heavy (non-hydrogen) atoms. The van der Waals surface area contributed by atoms with Crippen LogP contribution >= 0.6 is 0 Å². The highest BCUT2D eigenvalue weighted by molar-refractivity contribution is 5.40. The van der Waals surface area contributed by atoms with Gasteiger partial charge in [-0.3, -0.25) is 0 Å². The summed E-state index contributed by atoms with van der Waals surface area (Å²) in [6, 6.07) is 0. The Morgan fingerprint density at radius 1 is 0.847 bits per heavy atom. The molecular formula is C46H70O13. The van der Waals surface area contributed by atoms with E-state index in [4.69, 9.17) is 47.4 Å². The van der Waals surface area contributed by atoms with E-state index in [1.54, 1.807) is 14.2 Å². The maximum absolute atomic E-state index is 12.6. The molecule has 0 amide bonds. The zero-order valence-corrected chi connectivity index (χ0v) is 36.5. The molecule has 0 saturated carbocycles. The fourth-order valence-corrected chi connectivity index (χ4v) is 10.3. The maximum Gasteiger partial charge on any atom is 0.172 e. The smallest absolute Gasteiger partial charge is 0.172 e. The third kappa shape index (κ3) is 9.24. The van der Waals surface area contributed by atoms with Gasteiger partial charge in [-0.2, -0.15) is 0 Å². The molecule has 1 spiro atoms. The lowest BCUT2D eigenvalue weighted by Crippen LogP contribution is -2.56. The number of aliphatic hydroxyl groups excluding tert-OH is 2. The lowest BCUT2D eigenvalue weighted by atomic mass is 9.70. The molecule has 0 aromatic heterocycles. The van der Waals surface area contributed by atoms with E-state index in [9.17, 15) is 15.3 Å². The summed E-state index contributed by atoms with van der Waals surface area (Å²) in [6.45, 7) is 18.7. The Morgan fingerprint density at radius 3 is 2.29 bits per heavy atom. The lowest BCUT2D eigenvalue weighted by Gasteiger charge is -2.50. The molecule has 5 fully saturated rings. The van der Waals surface area contributed by atoms with Gasteiger partial charge in [0.05, 0.1) is 61.0 Å². The molecule has 2 bridgehead atoms. The van der Waals surface area contributed by atoms with Gasteiger partial charge >= 0.3 is 0 Å². The van der Waals surface area contributed by atoms with Crippen LogP contribution in [0.2, 0.25) is 0 Å². The second kappa shape index (κ2) is 18.4. The van der Waals surface area contributed by atoms with Crippen molar-refractivity contribution in [2.24, 2.45) is 17.8 Å². The van der Waals surface area contributed by atoms with Crippen molar-refractivity contribution in [3.63, 3.8) is 0 Å². The van der Waals surface area contributed by atoms with Gasteiger partial charge < -0.3 is 62.7 Å². The Balaban J connectivity index is 1.16. The minimum absolute atomic E-state index is 0.0230. The Bertz CT molecular complexity index is 1610. The first-order chi connectivity index (χ1) is 28.0. The molecular weight excluding hydrogens is 760 g/mol. The number of methoxy groups -OCH3 is 2. The SMILES string of the molecule is C=C1O[C@H]2C[C@@H](C/C=C(\C)[C@@H](OC3C[C@H](OC)[C@@H](OC4C[C@H](OC)[C@@H](O)[C@H](C)O4)[C@H](C)O3)[C@@H](C)/C=C/C=C3\CO[C@@H]4[C@H](O)C(C)=C[C@@H]1[C@]34O)O[C@@]1(CC[C@H](C)[C@@H](C)O1)C2. The average molecular weight is 831 g/mol. The number of aliphatic hydroxyl groups is 3. The van der Waals surface area contributed by atoms with E-state index < -0.39 is 78.7 Å². The normalized spacial score (nSPS) is 50.7. The Labute approximate surface area is 350 Å². The molecule has 0 radical (unpaired) electrons. The predicted molar refractivity (Wildman–Crippen MR) is 218 cm³/mol. The van der Waals surface area contributed by atoms with E-state index in [-0.39, 0.29) is 36.9 Å². The number of fused-ring (bicyclic) bond motifs is 2. The summed E-state index contributed by atoms with van der Waals surface area (Å²) in [5.74, 6) is -0.733. The van der Waals surface area contributed by atoms with Crippen LogP contribution in [0, 0.1) is 17.8 Å². The maximum atomic E-state index is 12.6. The second-order valence-electron chi connectivity index (χ2n) is 18.4. The van der Waals surface area contributed by atoms with Gasteiger partial charge in [0.1, 0.15) is 36.1 Å². The molecule has 332 valence electrons. The van der Waals surface area contributed by atoms with Crippen molar-refractivity contribution in [2.45, 2.75) is 191 Å². The van der Waals surface area contributed by atoms with Gasteiger partial charge in [-0.05, 0) is 70.1 Å². The number of hydrogen-bond acceptors (Lipinski definition) is 13. The fourth-order valence-electron chi connectivity index (χ4n) is 10.3. The largest absolute Gasteiger partial charge is 0.494 e. The second-order valence-corrected chi connectivity index (χ2v) is 18.4. The van der Waals surface area contributed by atoms with Crippen molar-refractivity contribution in [2.75, 3.05) is 20.8 Å². The van der Waals surface area contributed by atoms with Crippen LogP contribution in [-0.4, -0.2) is 133 Å². The topological polar surface area (TPSA) is 153 Å². The standard InChI is InChI=1S/C46H70O13/c1-24-16-17-45(58-28(24)5)22-34-19-33(59-45)15-14-26(3)42(25(2)12-11-13-32-23-52-44-40(47)27(4)18-35(29(6)53-34)46(32,44)49)56-39-21-37(51-10)43(31(8)55-39)57-38-20-36(50-9)41(48)30(7)54-38/h11-14,18,24-25,28,30-31,33-44,47-49H,6,15-17,19-23H2,1-5,7-10H3/b12-11+,26-14+,32-13+/t24-,25-,28+,30-,31-,33+,34-,35-,36-,37-,38?,39?,40+,41-,42-,43-,44+,45-,46+/m0/s1. The predicted octanol–water partition coefficient (Wildman–Crippen LogP) is 5.56. The summed E-state index contributed by atoms with van der Waals surface area (Å²) < 4.78 is 64.0. The van der Waals surface area contributed by atoms with E-state index in [1.165, 1.54) is 0 Å². The van der Waals surface area contributed by atoms with E-state index in [0.717, 1.165) is 18.4 Å². The molecule has 2 unspecified atom stereocenters. The minimum Gasteiger partial charge on any atom is -0.494 e. The summed E-state index contributed by atoms with van der Waals surface area (Å²) in [7, 11) is 3.24. The Kier molecular flexibility index (Phi) is 14.0. The van der Waals surface area contributed by atoms with Crippen LogP contribution < -0.4 is 0 Å². The summed E-state index contributed by atoms with van der Waals surface area (Å²) in [5.41, 5.74) is 0.806. The van der Waals surface area contributed by atoms with Gasteiger partial charge in [-0.1, -0.05) is 50.8 Å². The van der Waals surface area contributed by atoms with Crippen molar-refractivity contribution in [3.8, 4) is 0 Å². The molecule has 7 aliphatic rings. The molecule has 6 heterocycles. The van der Waals surface area contributed by atoms with Gasteiger partial charge in [-0.25, -0.2) is 0 Å². The van der Waals surface area contributed by atoms with Crippen LogP contribution in [0.1, 0.15) is 93.4 Å². The van der Waals surface area contributed by atoms with Crippen LogP contribution in [0.25, 0.3) is 0 Å². The molecule has 13 nitrogen and oxygen atoms in total. The number of hydrogen-bond donors (Lipinski definition) is 3. The van der Waals surface area contributed by atoms with Crippen LogP contribution in [-0.2, 0) is 47.4 Å². The first kappa shape index (κ1) is 45.1. The van der Waals surface area contributed by atoms with Gasteiger partial charge in [0, 0.05) is 52.2 Å². The molecule has 13 heteroatoms. The molecule has 0 aromatic rings. The Hall–Kier alpha value is -1.98. The van der Waals surface area contributed by atoms with Crippen molar-refractivity contribution < 1.29 is 62.7 Å². The number of ether oxygens (including phenoxy) is 10. The van der Waals surface area contributed by atoms with Gasteiger partial charge in [0.25, 0.3) is 0 Å². The van der Waals surface area contributed by atoms with Gasteiger partial charge in [0.2, 0.25) is 0 Å². The van der Waals surface area contributed by atoms with E-state index in [2.05, 4.69) is 46.4 Å². The highest BCUT2D eigenvalue weighted by atomic mass is 16.7. The summed E-state index contributed by atoms with van der Waals surface area (Å²) >= 11 is 0. The molecule has 6 aliphatic heterocycles. The molecule has 7 rings (SSSR count). The van der Waals surface area contributed by atoms with Crippen LogP contribution in [0.3, 0.4) is 0 Å². The summed E-state index contributed by atoms with van der Waals surface area (Å²) in [4.78, 5) is 0. The zero-order chi connectivity index (χ0) is 42.4. The van der Waals surface area contributed by atoms with Crippen molar-refractivity contribution in [1.29, 1.82) is 0 Å². The zero-order valence-electron chi connectivity index (χ0n) is 36.5. The monoisotopic (exact) mass is 830 g/mol. The quantitative estimate of drug-likeness (QED) is 0.287. The van der Waals surface area contributed by atoms with E-state index >= 15 is 0 Å². The first-order valence-corrected chi connectivity index (χ1v) is 21.9. The van der Waals surface area contributed by atoms with Crippen molar-refractivity contribution >= 4 is 0 Å². The van der Waals surface area contributed by atoms with Gasteiger partial charge in [-0.15, -0.1) is 0 Å². The van der Waals surface area contributed by atoms with Crippen molar-refractivity contribution in [3.05, 3.63) is 59.4 Å². The molecule has 5 saturated heterocycles. The summed E-state index contributed by atoms with van der Waals surface area (Å²) in [6.07, 6.45) is 7.54. The fraction of sp³-hybridized carbons (Fsp3) is 0.783. The molecule has 19 atom stereocenters. The highest BCUT2D eigenvalue weighted by Gasteiger charge is 2.58. The lowest BCUT2D eigenvalue weighted by molar-refractivity contribution is -0.332. The van der Waals surface area contributed by atoms with E-state index in [1.807, 2.05) is 39.0 Å². The third-order valence-electron chi connectivity index (χ3n) is 14.1. The third-order valence-corrected chi connectivity index (χ3v) is 14.1. The van der Waals surface area contributed by atoms with Gasteiger partial charge in [0.15, 0.2) is 18.4 Å². The molecule has 0 aromatic carbocycles. The molecule has 3 N–H and O–H groups in total. The van der Waals surface area contributed by atoms with Crippen molar-refractivity contribution in [1.82, 2.24) is 0 Å². The Morgan fingerprint density at radius 2 is 1.56 bits per heavy atom. The van der Waals surface area contributed by atoms with Crippen LogP contribution in [0.4, 0.5) is 0 Å². The minimum atomic E-state index is -1.56. The first-order valence-electron chi connectivity index (χ1n) is 21.9. The summed E-state index contributed by atoms with van der Waals surface area (Å²) in [5, 5.41) is 34.3. The van der Waals surface area contributed by atoms with Crippen LogP contribution in [0.15, 0.2) is 59.4 Å². The number of rotatable bonds is 6. The molecule has 1 aliphatic carbocycles. The highest BCUT2D eigenvalue weighted by Crippen LogP contribution is 2.49. The van der Waals surface area contributed by atoms with Crippen LogP contribution in [0.5, 0.6) is 0 Å².